The average Bonchev–Trinajstić information content (AvgIpc) is 2.28. The van der Waals surface area contributed by atoms with Gasteiger partial charge in [-0.1, -0.05) is 6.92 Å². The molecule has 1 aromatic heterocycles. The first-order valence-electron chi connectivity index (χ1n) is 4.96. The highest BCUT2D eigenvalue weighted by Gasteiger charge is 2.22. The summed E-state index contributed by atoms with van der Waals surface area (Å²) in [5, 5.41) is 0. The summed E-state index contributed by atoms with van der Waals surface area (Å²) < 4.78 is 17.5. The van der Waals surface area contributed by atoms with Gasteiger partial charge in [0.25, 0.3) is 0 Å². The number of carbonyl (C=O) groups excluding carboxylic acids is 1. The van der Waals surface area contributed by atoms with Crippen LogP contribution >= 0.6 is 0 Å². The molecular weight excluding hydrogens is 211 g/mol. The molecule has 4 nitrogen and oxygen atoms in total. The number of methoxy groups -OCH3 is 1. The SMILES string of the molecule is COCC(N)C(C)C(=O)c1ccc(F)cn1. The lowest BCUT2D eigenvalue weighted by atomic mass is 9.96. The molecule has 1 rings (SSSR count). The lowest BCUT2D eigenvalue weighted by Gasteiger charge is -2.17. The van der Waals surface area contributed by atoms with Gasteiger partial charge in [-0.15, -0.1) is 0 Å². The van der Waals surface area contributed by atoms with Gasteiger partial charge in [0.05, 0.1) is 12.8 Å². The highest BCUT2D eigenvalue weighted by atomic mass is 19.1. The van der Waals surface area contributed by atoms with Crippen molar-refractivity contribution in [1.82, 2.24) is 4.98 Å². The van der Waals surface area contributed by atoms with Crippen LogP contribution in [-0.2, 0) is 4.74 Å². The Morgan fingerprint density at radius 1 is 1.62 bits per heavy atom. The molecule has 0 saturated heterocycles. The third kappa shape index (κ3) is 3.08. The fourth-order valence-electron chi connectivity index (χ4n) is 1.29. The van der Waals surface area contributed by atoms with E-state index >= 15 is 0 Å². The van der Waals surface area contributed by atoms with E-state index in [1.54, 1.807) is 6.92 Å². The lowest BCUT2D eigenvalue weighted by Crippen LogP contribution is -2.37. The molecule has 0 bridgehead atoms. The number of nitrogens with two attached hydrogens (primary N) is 1. The Bertz CT molecular complexity index is 354. The number of hydrogen-bond donors (Lipinski definition) is 1. The molecule has 1 heterocycles. The van der Waals surface area contributed by atoms with Crippen LogP contribution in [0.5, 0.6) is 0 Å². The number of nitrogens with zero attached hydrogens (tertiary/aromatic N) is 1. The van der Waals surface area contributed by atoms with Gasteiger partial charge in [-0.3, -0.25) is 9.78 Å². The minimum atomic E-state index is -0.467. The van der Waals surface area contributed by atoms with Crippen molar-refractivity contribution >= 4 is 5.78 Å². The molecule has 1 aromatic rings. The van der Waals surface area contributed by atoms with Gasteiger partial charge in [-0.2, -0.15) is 0 Å². The molecule has 0 aliphatic rings. The first-order valence-corrected chi connectivity index (χ1v) is 4.96. The van der Waals surface area contributed by atoms with Crippen LogP contribution in [-0.4, -0.2) is 30.5 Å². The minimum absolute atomic E-state index is 0.204. The predicted octanol–water partition coefficient (Wildman–Crippen LogP) is 1.01. The zero-order valence-corrected chi connectivity index (χ0v) is 9.31. The first kappa shape index (κ1) is 12.7. The molecule has 0 amide bonds. The number of hydrogen-bond acceptors (Lipinski definition) is 4. The van der Waals surface area contributed by atoms with Crippen LogP contribution in [0.2, 0.25) is 0 Å². The van der Waals surface area contributed by atoms with E-state index in [4.69, 9.17) is 10.5 Å². The molecule has 0 saturated carbocycles. The lowest BCUT2D eigenvalue weighted by molar-refractivity contribution is 0.0861. The monoisotopic (exact) mass is 226 g/mol. The maximum Gasteiger partial charge on any atom is 0.185 e. The van der Waals surface area contributed by atoms with Gasteiger partial charge in [-0.05, 0) is 12.1 Å². The molecular formula is C11H15FN2O2. The van der Waals surface area contributed by atoms with Crippen LogP contribution in [0.4, 0.5) is 4.39 Å². The van der Waals surface area contributed by atoms with Crippen LogP contribution in [0.25, 0.3) is 0 Å². The van der Waals surface area contributed by atoms with Crippen molar-refractivity contribution < 1.29 is 13.9 Å². The second kappa shape index (κ2) is 5.67. The molecule has 0 radical (unpaired) electrons. The molecule has 16 heavy (non-hydrogen) atoms. The van der Waals surface area contributed by atoms with Crippen LogP contribution in [0.15, 0.2) is 18.3 Å². The largest absolute Gasteiger partial charge is 0.383 e. The Morgan fingerprint density at radius 2 is 2.31 bits per heavy atom. The highest BCUT2D eigenvalue weighted by Crippen LogP contribution is 2.10. The number of halogens is 1. The van der Waals surface area contributed by atoms with Crippen molar-refractivity contribution in [1.29, 1.82) is 0 Å². The smallest absolute Gasteiger partial charge is 0.185 e. The van der Waals surface area contributed by atoms with E-state index in [0.717, 1.165) is 6.20 Å². The third-order valence-electron chi connectivity index (χ3n) is 2.39. The maximum atomic E-state index is 12.6. The topological polar surface area (TPSA) is 65.2 Å². The fourth-order valence-corrected chi connectivity index (χ4v) is 1.29. The molecule has 88 valence electrons. The van der Waals surface area contributed by atoms with E-state index in [1.165, 1.54) is 19.2 Å². The van der Waals surface area contributed by atoms with Gasteiger partial charge >= 0.3 is 0 Å². The molecule has 0 aliphatic carbocycles. The number of aromatic nitrogens is 1. The summed E-state index contributed by atoms with van der Waals surface area (Å²) in [6.45, 7) is 2.01. The highest BCUT2D eigenvalue weighted by molar-refractivity contribution is 5.96. The Labute approximate surface area is 93.6 Å². The zero-order chi connectivity index (χ0) is 12.1. The van der Waals surface area contributed by atoms with Crippen molar-refractivity contribution in [2.75, 3.05) is 13.7 Å². The minimum Gasteiger partial charge on any atom is -0.383 e. The summed E-state index contributed by atoms with van der Waals surface area (Å²) in [7, 11) is 1.52. The van der Waals surface area contributed by atoms with Crippen LogP contribution in [0, 0.1) is 11.7 Å². The number of ether oxygens (including phenoxy) is 1. The van der Waals surface area contributed by atoms with E-state index in [1.807, 2.05) is 0 Å². The number of carbonyl (C=O) groups is 1. The second-order valence-electron chi connectivity index (χ2n) is 3.63. The molecule has 2 unspecified atom stereocenters. The van der Waals surface area contributed by atoms with Gasteiger partial charge in [0, 0.05) is 19.1 Å². The van der Waals surface area contributed by atoms with Crippen LogP contribution in [0.3, 0.4) is 0 Å². The quantitative estimate of drug-likeness (QED) is 0.761. The third-order valence-corrected chi connectivity index (χ3v) is 2.39. The van der Waals surface area contributed by atoms with Gasteiger partial charge in [0.15, 0.2) is 5.78 Å². The van der Waals surface area contributed by atoms with Gasteiger partial charge in [0.1, 0.15) is 11.5 Å². The van der Waals surface area contributed by atoms with Crippen molar-refractivity contribution in [3.05, 3.63) is 29.8 Å². The maximum absolute atomic E-state index is 12.6. The standard InChI is InChI=1S/C11H15FN2O2/c1-7(9(13)6-16-2)11(15)10-4-3-8(12)5-14-10/h3-5,7,9H,6,13H2,1-2H3. The summed E-state index contributed by atoms with van der Waals surface area (Å²) >= 11 is 0. The Balaban J connectivity index is 2.73. The summed E-state index contributed by atoms with van der Waals surface area (Å²) in [5.41, 5.74) is 5.97. The molecule has 2 atom stereocenters. The number of ketones is 1. The Morgan fingerprint density at radius 3 is 2.81 bits per heavy atom. The van der Waals surface area contributed by atoms with Crippen molar-refractivity contribution in [2.24, 2.45) is 11.7 Å². The summed E-state index contributed by atoms with van der Waals surface area (Å²) in [6.07, 6.45) is 1.02. The van der Waals surface area contributed by atoms with E-state index in [2.05, 4.69) is 4.98 Å². The average molecular weight is 226 g/mol. The Hall–Kier alpha value is -1.33. The number of pyridine rings is 1. The van der Waals surface area contributed by atoms with E-state index < -0.39 is 11.7 Å². The Kier molecular flexibility index (Phi) is 4.52. The number of Topliss-reactive ketones (excluding diaryl/α,β-unsaturated/α-hetero) is 1. The van der Waals surface area contributed by atoms with E-state index in [0.29, 0.717) is 6.61 Å². The van der Waals surface area contributed by atoms with Crippen molar-refractivity contribution in [2.45, 2.75) is 13.0 Å². The fraction of sp³-hybridized carbons (Fsp3) is 0.455. The molecule has 5 heteroatoms. The van der Waals surface area contributed by atoms with Crippen LogP contribution < -0.4 is 5.73 Å². The van der Waals surface area contributed by atoms with Gasteiger partial charge in [-0.25, -0.2) is 4.39 Å². The van der Waals surface area contributed by atoms with Gasteiger partial charge in [0.2, 0.25) is 0 Å². The second-order valence-corrected chi connectivity index (χ2v) is 3.63. The summed E-state index contributed by atoms with van der Waals surface area (Å²) in [4.78, 5) is 15.6. The summed E-state index contributed by atoms with van der Waals surface area (Å²) in [5.74, 6) is -1.08. The molecule has 0 aliphatic heterocycles. The summed E-state index contributed by atoms with van der Waals surface area (Å²) in [6, 6.07) is 2.17. The molecule has 2 N–H and O–H groups in total. The molecule has 0 spiro atoms. The zero-order valence-electron chi connectivity index (χ0n) is 9.31. The molecule has 0 fully saturated rings. The first-order chi connectivity index (χ1) is 7.56. The van der Waals surface area contributed by atoms with E-state index in [-0.39, 0.29) is 17.5 Å². The van der Waals surface area contributed by atoms with Crippen molar-refractivity contribution in [3.8, 4) is 0 Å². The number of rotatable bonds is 5. The van der Waals surface area contributed by atoms with Crippen molar-refractivity contribution in [3.63, 3.8) is 0 Å². The van der Waals surface area contributed by atoms with Gasteiger partial charge < -0.3 is 10.5 Å². The predicted molar refractivity (Wildman–Crippen MR) is 57.5 cm³/mol. The normalized spacial score (nSPS) is 14.5. The van der Waals surface area contributed by atoms with Crippen LogP contribution in [0.1, 0.15) is 17.4 Å². The molecule has 0 aromatic carbocycles. The van der Waals surface area contributed by atoms with E-state index in [9.17, 15) is 9.18 Å².